The molecule has 0 spiro atoms. The molecule has 0 saturated heterocycles. The van der Waals surface area contributed by atoms with Gasteiger partial charge in [-0.25, -0.2) is 0 Å². The maximum absolute atomic E-state index is 11.0. The third-order valence-electron chi connectivity index (χ3n) is 5.85. The monoisotopic (exact) mass is 453 g/mol. The summed E-state index contributed by atoms with van der Waals surface area (Å²) in [5.74, 6) is 0. The van der Waals surface area contributed by atoms with Crippen molar-refractivity contribution in [2.24, 2.45) is 0 Å². The number of anilines is 1. The van der Waals surface area contributed by atoms with Crippen LogP contribution < -0.4 is 4.90 Å². The highest BCUT2D eigenvalue weighted by atomic mass is 16.6. The minimum Gasteiger partial charge on any atom is -0.372 e. The fourth-order valence-electron chi connectivity index (χ4n) is 3.82. The summed E-state index contributed by atoms with van der Waals surface area (Å²) in [7, 11) is 0. The second kappa shape index (κ2) is 12.4. The Morgan fingerprint density at radius 1 is 0.853 bits per heavy atom. The van der Waals surface area contributed by atoms with Crippen LogP contribution in [0.3, 0.4) is 0 Å². The van der Waals surface area contributed by atoms with Crippen LogP contribution in [0, 0.1) is 21.4 Å². The van der Waals surface area contributed by atoms with Crippen LogP contribution in [0.4, 0.5) is 11.4 Å². The zero-order valence-electron chi connectivity index (χ0n) is 19.9. The topological polar surface area (TPSA) is 70.2 Å². The lowest BCUT2D eigenvalue weighted by atomic mass is 10.0. The number of hydrogen-bond donors (Lipinski definition) is 0. The van der Waals surface area contributed by atoms with Gasteiger partial charge in [-0.1, -0.05) is 75.2 Å². The molecule has 34 heavy (non-hydrogen) atoms. The molecule has 3 aromatic carbocycles. The summed E-state index contributed by atoms with van der Waals surface area (Å²) >= 11 is 0. The van der Waals surface area contributed by atoms with Gasteiger partial charge in [0.2, 0.25) is 0 Å². The molecule has 0 bridgehead atoms. The number of benzene rings is 3. The summed E-state index contributed by atoms with van der Waals surface area (Å²) in [5.41, 5.74) is 5.27. The number of nitro groups is 1. The first-order valence-corrected chi connectivity index (χ1v) is 11.9. The van der Waals surface area contributed by atoms with E-state index in [9.17, 15) is 10.1 Å². The first kappa shape index (κ1) is 24.7. The van der Waals surface area contributed by atoms with Crippen molar-refractivity contribution in [2.45, 2.75) is 39.5 Å². The normalized spacial score (nSPS) is 10.9. The van der Waals surface area contributed by atoms with Gasteiger partial charge >= 0.3 is 0 Å². The van der Waals surface area contributed by atoms with E-state index in [1.165, 1.54) is 49.1 Å². The van der Waals surface area contributed by atoms with Crippen LogP contribution in [0.5, 0.6) is 0 Å². The van der Waals surface area contributed by atoms with Gasteiger partial charge in [0, 0.05) is 24.8 Å². The Kier molecular flexibility index (Phi) is 8.99. The van der Waals surface area contributed by atoms with Crippen molar-refractivity contribution >= 4 is 23.5 Å². The molecule has 0 radical (unpaired) electrons. The van der Waals surface area contributed by atoms with Crippen molar-refractivity contribution in [1.29, 1.82) is 5.26 Å². The van der Waals surface area contributed by atoms with Gasteiger partial charge in [-0.15, -0.1) is 0 Å². The van der Waals surface area contributed by atoms with E-state index in [1.54, 1.807) is 6.07 Å². The van der Waals surface area contributed by atoms with Gasteiger partial charge in [-0.3, -0.25) is 10.1 Å². The van der Waals surface area contributed by atoms with Crippen LogP contribution >= 0.6 is 0 Å². The summed E-state index contributed by atoms with van der Waals surface area (Å²) < 4.78 is 0. The van der Waals surface area contributed by atoms with Crippen LogP contribution in [0.25, 0.3) is 23.3 Å². The highest BCUT2D eigenvalue weighted by molar-refractivity contribution is 5.74. The van der Waals surface area contributed by atoms with E-state index in [1.807, 2.05) is 30.4 Å². The minimum absolute atomic E-state index is 0.0638. The molecule has 0 unspecified atom stereocenters. The number of nitrogens with zero attached hydrogens (tertiary/aromatic N) is 3. The molecule has 0 aliphatic carbocycles. The molecule has 0 N–H and O–H groups in total. The number of hydrogen-bond acceptors (Lipinski definition) is 4. The zero-order valence-corrected chi connectivity index (χ0v) is 19.9. The molecule has 0 aliphatic rings. The van der Waals surface area contributed by atoms with E-state index in [0.717, 1.165) is 29.8 Å². The fourth-order valence-corrected chi connectivity index (χ4v) is 3.82. The first-order chi connectivity index (χ1) is 16.5. The molecule has 0 aromatic heterocycles. The van der Waals surface area contributed by atoms with E-state index < -0.39 is 4.92 Å². The van der Waals surface area contributed by atoms with E-state index in [-0.39, 0.29) is 11.3 Å². The van der Waals surface area contributed by atoms with Gasteiger partial charge in [0.1, 0.15) is 11.6 Å². The predicted molar refractivity (Wildman–Crippen MR) is 141 cm³/mol. The van der Waals surface area contributed by atoms with E-state index in [2.05, 4.69) is 55.1 Å². The van der Waals surface area contributed by atoms with Gasteiger partial charge in [-0.2, -0.15) is 5.26 Å². The van der Waals surface area contributed by atoms with Gasteiger partial charge < -0.3 is 4.90 Å². The maximum Gasteiger partial charge on any atom is 0.287 e. The molecule has 3 aromatic rings. The Labute approximate surface area is 202 Å². The molecule has 174 valence electrons. The quantitative estimate of drug-likeness (QED) is 0.169. The third kappa shape index (κ3) is 6.55. The molecule has 0 amide bonds. The van der Waals surface area contributed by atoms with Crippen molar-refractivity contribution in [2.75, 3.05) is 18.0 Å². The van der Waals surface area contributed by atoms with E-state index >= 15 is 0 Å². The smallest absolute Gasteiger partial charge is 0.287 e. The Morgan fingerprint density at radius 2 is 1.38 bits per heavy atom. The van der Waals surface area contributed by atoms with Crippen LogP contribution in [-0.2, 0) is 0 Å². The summed E-state index contributed by atoms with van der Waals surface area (Å²) in [6.45, 7) is 6.66. The second-order valence-electron chi connectivity index (χ2n) is 8.34. The molecule has 5 heteroatoms. The van der Waals surface area contributed by atoms with E-state index in [0.29, 0.717) is 0 Å². The SMILES string of the molecule is CCCCN(CCCC)c1ccc(-c2ccc(C=Cc3ccc([N+](=O)[O-])c(C#N)c3)cc2)cc1. The third-order valence-corrected chi connectivity index (χ3v) is 5.85. The molecule has 5 nitrogen and oxygen atoms in total. The average molecular weight is 454 g/mol. The Bertz CT molecular complexity index is 1150. The van der Waals surface area contributed by atoms with Crippen molar-refractivity contribution in [3.05, 3.63) is 93.5 Å². The average Bonchev–Trinajstić information content (AvgIpc) is 2.87. The summed E-state index contributed by atoms with van der Waals surface area (Å²) in [6, 6.07) is 23.5. The largest absolute Gasteiger partial charge is 0.372 e. The Morgan fingerprint density at radius 3 is 1.91 bits per heavy atom. The van der Waals surface area contributed by atoms with E-state index in [4.69, 9.17) is 5.26 Å². The molecular weight excluding hydrogens is 422 g/mol. The van der Waals surface area contributed by atoms with Crippen molar-refractivity contribution < 1.29 is 4.92 Å². The molecule has 0 atom stereocenters. The van der Waals surface area contributed by atoms with Gasteiger partial charge in [-0.05, 0) is 59.4 Å². The number of rotatable bonds is 11. The lowest BCUT2D eigenvalue weighted by Gasteiger charge is -2.25. The molecule has 3 rings (SSSR count). The van der Waals surface area contributed by atoms with Crippen LogP contribution in [0.15, 0.2) is 66.7 Å². The van der Waals surface area contributed by atoms with Crippen molar-refractivity contribution in [1.82, 2.24) is 0 Å². The van der Waals surface area contributed by atoms with Crippen LogP contribution in [0.2, 0.25) is 0 Å². The minimum atomic E-state index is -0.536. The molecule has 0 fully saturated rings. The number of unbranched alkanes of at least 4 members (excludes halogenated alkanes) is 2. The summed E-state index contributed by atoms with van der Waals surface area (Å²) in [5, 5.41) is 20.1. The standard InChI is InChI=1S/C29H31N3O2/c1-3-5-19-31(20-6-4-2)28-16-14-26(15-17-28)25-12-9-23(10-13-25)7-8-24-11-18-29(32(33)34)27(21-24)22-30/h7-18,21H,3-6,19-20H2,1-2H3. The molecule has 0 aliphatic heterocycles. The summed E-state index contributed by atoms with van der Waals surface area (Å²) in [6.07, 6.45) is 8.61. The highest BCUT2D eigenvalue weighted by Gasteiger charge is 2.12. The zero-order chi connectivity index (χ0) is 24.3. The van der Waals surface area contributed by atoms with Gasteiger partial charge in [0.15, 0.2) is 0 Å². The summed E-state index contributed by atoms with van der Waals surface area (Å²) in [4.78, 5) is 12.9. The first-order valence-electron chi connectivity index (χ1n) is 11.9. The van der Waals surface area contributed by atoms with Gasteiger partial charge in [0.25, 0.3) is 5.69 Å². The fraction of sp³-hybridized carbons (Fsp3) is 0.276. The van der Waals surface area contributed by atoms with Crippen molar-refractivity contribution in [3.8, 4) is 17.2 Å². The Balaban J connectivity index is 1.70. The molecule has 0 heterocycles. The number of nitriles is 1. The van der Waals surface area contributed by atoms with Crippen LogP contribution in [-0.4, -0.2) is 18.0 Å². The lowest BCUT2D eigenvalue weighted by Crippen LogP contribution is -2.25. The lowest BCUT2D eigenvalue weighted by molar-refractivity contribution is -0.385. The van der Waals surface area contributed by atoms with Crippen molar-refractivity contribution in [3.63, 3.8) is 0 Å². The highest BCUT2D eigenvalue weighted by Crippen LogP contribution is 2.25. The molecule has 0 saturated carbocycles. The Hall–Kier alpha value is -3.91. The molecular formula is C29H31N3O2. The maximum atomic E-state index is 11.0. The second-order valence-corrected chi connectivity index (χ2v) is 8.34. The van der Waals surface area contributed by atoms with Crippen LogP contribution in [0.1, 0.15) is 56.2 Å². The van der Waals surface area contributed by atoms with Gasteiger partial charge in [0.05, 0.1) is 4.92 Å². The predicted octanol–water partition coefficient (Wildman–Crippen LogP) is 7.71. The number of nitro benzene ring substituents is 1.